The third-order valence-electron chi connectivity index (χ3n) is 5.04. The zero-order valence-electron chi connectivity index (χ0n) is 16.4. The molecule has 5 rings (SSSR count). The first-order valence-corrected chi connectivity index (χ1v) is 10.7. The highest BCUT2D eigenvalue weighted by molar-refractivity contribution is 7.99. The first kappa shape index (κ1) is 18.6. The van der Waals surface area contributed by atoms with Crippen LogP contribution >= 0.6 is 11.8 Å². The van der Waals surface area contributed by atoms with E-state index in [-0.39, 0.29) is 6.03 Å². The molecule has 0 fully saturated rings. The van der Waals surface area contributed by atoms with Crippen LogP contribution < -0.4 is 15.5 Å². The van der Waals surface area contributed by atoms with E-state index in [9.17, 15) is 4.79 Å². The Balaban J connectivity index is 1.29. The summed E-state index contributed by atoms with van der Waals surface area (Å²) in [4.78, 5) is 19.1. The standard InChI is InChI=1S/C22H21N5O2S/c1-14-10-16(26-29-14)13-27-8-9-30-21-11-15(6-7-20(21)27)24-22(28)25-19-12-23-18-5-3-2-4-17(18)19/h2-7,10-12,23H,8-9,13H2,1H3,(H2,24,25,28). The predicted molar refractivity (Wildman–Crippen MR) is 120 cm³/mol. The van der Waals surface area contributed by atoms with Gasteiger partial charge in [-0.15, -0.1) is 11.8 Å². The number of aryl methyl sites for hydroxylation is 1. The quantitative estimate of drug-likeness (QED) is 0.422. The molecule has 0 bridgehead atoms. The van der Waals surface area contributed by atoms with Gasteiger partial charge in [0.1, 0.15) is 11.5 Å². The number of anilines is 3. The number of hydrogen-bond donors (Lipinski definition) is 3. The van der Waals surface area contributed by atoms with Crippen molar-refractivity contribution in [1.82, 2.24) is 10.1 Å². The molecule has 1 aliphatic rings. The Hall–Kier alpha value is -3.39. The van der Waals surface area contributed by atoms with Gasteiger partial charge >= 0.3 is 6.03 Å². The molecule has 1 aliphatic heterocycles. The van der Waals surface area contributed by atoms with Crippen molar-refractivity contribution in [2.24, 2.45) is 0 Å². The van der Waals surface area contributed by atoms with E-state index in [0.29, 0.717) is 6.54 Å². The molecule has 4 aromatic rings. The van der Waals surface area contributed by atoms with Crippen molar-refractivity contribution in [2.75, 3.05) is 27.8 Å². The zero-order chi connectivity index (χ0) is 20.5. The number of H-pyrrole nitrogens is 1. The van der Waals surface area contributed by atoms with Gasteiger partial charge in [-0.3, -0.25) is 0 Å². The summed E-state index contributed by atoms with van der Waals surface area (Å²) in [6.07, 6.45) is 1.80. The first-order chi connectivity index (χ1) is 14.7. The average Bonchev–Trinajstić information content (AvgIpc) is 3.34. The summed E-state index contributed by atoms with van der Waals surface area (Å²) in [7, 11) is 0. The number of carbonyl (C=O) groups is 1. The number of nitrogens with zero attached hydrogens (tertiary/aromatic N) is 2. The molecule has 0 radical (unpaired) electrons. The number of benzene rings is 2. The van der Waals surface area contributed by atoms with E-state index in [4.69, 9.17) is 4.52 Å². The summed E-state index contributed by atoms with van der Waals surface area (Å²) in [5.41, 5.74) is 4.57. The lowest BCUT2D eigenvalue weighted by molar-refractivity contribution is 0.262. The number of nitrogens with one attached hydrogen (secondary N) is 3. The molecular weight excluding hydrogens is 398 g/mol. The molecule has 2 aromatic heterocycles. The van der Waals surface area contributed by atoms with Crippen molar-refractivity contribution < 1.29 is 9.32 Å². The summed E-state index contributed by atoms with van der Waals surface area (Å²) >= 11 is 1.79. The highest BCUT2D eigenvalue weighted by Crippen LogP contribution is 2.37. The Labute approximate surface area is 177 Å². The number of carbonyl (C=O) groups excluding carboxylic acids is 1. The molecule has 0 spiro atoms. The molecule has 0 aliphatic carbocycles. The van der Waals surface area contributed by atoms with Gasteiger partial charge in [-0.1, -0.05) is 23.4 Å². The van der Waals surface area contributed by atoms with Crippen LogP contribution in [-0.2, 0) is 6.54 Å². The maximum atomic E-state index is 12.5. The van der Waals surface area contributed by atoms with Gasteiger partial charge in [0.2, 0.25) is 0 Å². The van der Waals surface area contributed by atoms with Crippen molar-refractivity contribution >= 4 is 45.8 Å². The monoisotopic (exact) mass is 419 g/mol. The minimum atomic E-state index is -0.268. The normalized spacial score (nSPS) is 13.3. The van der Waals surface area contributed by atoms with Gasteiger partial charge in [-0.05, 0) is 31.2 Å². The van der Waals surface area contributed by atoms with E-state index >= 15 is 0 Å². The summed E-state index contributed by atoms with van der Waals surface area (Å²) < 4.78 is 5.19. The number of rotatable bonds is 4. The topological polar surface area (TPSA) is 86.2 Å². The Morgan fingerprint density at radius 3 is 3.00 bits per heavy atom. The lowest BCUT2D eigenvalue weighted by Gasteiger charge is -2.30. The maximum Gasteiger partial charge on any atom is 0.323 e. The van der Waals surface area contributed by atoms with Gasteiger partial charge in [0.15, 0.2) is 0 Å². The SMILES string of the molecule is Cc1cc(CN2CCSc3cc(NC(=O)Nc4c[nH]c5ccccc45)ccc32)no1. The molecule has 3 heterocycles. The molecule has 8 heteroatoms. The van der Waals surface area contributed by atoms with Crippen molar-refractivity contribution in [1.29, 1.82) is 0 Å². The Bertz CT molecular complexity index is 1220. The van der Waals surface area contributed by atoms with Crippen molar-refractivity contribution in [3.8, 4) is 0 Å². The number of amides is 2. The van der Waals surface area contributed by atoms with Crippen LogP contribution in [0.3, 0.4) is 0 Å². The van der Waals surface area contributed by atoms with Gasteiger partial charge in [-0.2, -0.15) is 0 Å². The highest BCUT2D eigenvalue weighted by Gasteiger charge is 2.19. The number of hydrogen-bond acceptors (Lipinski definition) is 5. The molecule has 152 valence electrons. The smallest absolute Gasteiger partial charge is 0.323 e. The molecule has 30 heavy (non-hydrogen) atoms. The molecule has 3 N–H and O–H groups in total. The number of urea groups is 1. The van der Waals surface area contributed by atoms with Gasteiger partial charge < -0.3 is 25.0 Å². The maximum absolute atomic E-state index is 12.5. The van der Waals surface area contributed by atoms with Crippen LogP contribution in [0.5, 0.6) is 0 Å². The molecule has 0 atom stereocenters. The second kappa shape index (κ2) is 7.79. The minimum absolute atomic E-state index is 0.268. The fourth-order valence-corrected chi connectivity index (χ4v) is 4.75. The largest absolute Gasteiger partial charge is 0.364 e. The number of aromatic nitrogens is 2. The van der Waals surface area contributed by atoms with Crippen LogP contribution in [0.15, 0.2) is 64.1 Å². The van der Waals surface area contributed by atoms with E-state index in [1.54, 1.807) is 18.0 Å². The molecule has 2 aromatic carbocycles. The van der Waals surface area contributed by atoms with Gasteiger partial charge in [0, 0.05) is 46.0 Å². The molecule has 0 saturated heterocycles. The van der Waals surface area contributed by atoms with Crippen molar-refractivity contribution in [3.05, 3.63) is 66.2 Å². The van der Waals surface area contributed by atoms with E-state index < -0.39 is 0 Å². The lowest BCUT2D eigenvalue weighted by atomic mass is 10.2. The Morgan fingerprint density at radius 1 is 1.23 bits per heavy atom. The van der Waals surface area contributed by atoms with Gasteiger partial charge in [0.05, 0.1) is 17.9 Å². The molecule has 0 saturated carbocycles. The second-order valence-electron chi connectivity index (χ2n) is 7.21. The summed E-state index contributed by atoms with van der Waals surface area (Å²) in [5, 5.41) is 10.9. The molecular formula is C22H21N5O2S. The van der Waals surface area contributed by atoms with E-state index in [2.05, 4.69) is 31.7 Å². The molecule has 7 nitrogen and oxygen atoms in total. The van der Waals surface area contributed by atoms with E-state index in [1.807, 2.05) is 49.4 Å². The predicted octanol–water partition coefficient (Wildman–Crippen LogP) is 5.22. The first-order valence-electron chi connectivity index (χ1n) is 9.74. The fraction of sp³-hybridized carbons (Fsp3) is 0.182. The summed E-state index contributed by atoms with van der Waals surface area (Å²) in [6, 6.07) is 15.6. The van der Waals surface area contributed by atoms with Crippen LogP contribution in [0.25, 0.3) is 10.9 Å². The highest BCUT2D eigenvalue weighted by atomic mass is 32.2. The van der Waals surface area contributed by atoms with Gasteiger partial charge in [-0.25, -0.2) is 4.79 Å². The van der Waals surface area contributed by atoms with Gasteiger partial charge in [0.25, 0.3) is 0 Å². The third kappa shape index (κ3) is 3.73. The summed E-state index contributed by atoms with van der Waals surface area (Å²) in [5.74, 6) is 1.80. The second-order valence-corrected chi connectivity index (χ2v) is 8.35. The number of aromatic amines is 1. The zero-order valence-corrected chi connectivity index (χ0v) is 17.3. The van der Waals surface area contributed by atoms with Crippen molar-refractivity contribution in [2.45, 2.75) is 18.4 Å². The van der Waals surface area contributed by atoms with Crippen LogP contribution in [0.4, 0.5) is 21.9 Å². The Kier molecular flexibility index (Phi) is 4.84. The third-order valence-corrected chi connectivity index (χ3v) is 6.07. The van der Waals surface area contributed by atoms with E-state index in [1.165, 1.54) is 0 Å². The number of fused-ring (bicyclic) bond motifs is 2. The van der Waals surface area contributed by atoms with Crippen LogP contribution in [-0.4, -0.2) is 28.5 Å². The number of para-hydroxylation sites is 1. The fourth-order valence-electron chi connectivity index (χ4n) is 3.67. The van der Waals surface area contributed by atoms with Crippen LogP contribution in [0.2, 0.25) is 0 Å². The summed E-state index contributed by atoms with van der Waals surface area (Å²) in [6.45, 7) is 3.55. The van der Waals surface area contributed by atoms with Crippen LogP contribution in [0.1, 0.15) is 11.5 Å². The number of thioether (sulfide) groups is 1. The average molecular weight is 420 g/mol. The molecule has 2 amide bonds. The molecule has 0 unspecified atom stereocenters. The minimum Gasteiger partial charge on any atom is -0.364 e. The lowest BCUT2D eigenvalue weighted by Crippen LogP contribution is -2.28. The van der Waals surface area contributed by atoms with E-state index in [0.717, 1.165) is 56.6 Å². The van der Waals surface area contributed by atoms with Crippen LogP contribution in [0, 0.1) is 6.92 Å². The van der Waals surface area contributed by atoms with Crippen molar-refractivity contribution in [3.63, 3.8) is 0 Å². The Morgan fingerprint density at radius 2 is 2.13 bits per heavy atom.